The number of ether oxygens (including phenoxy) is 1. The number of aromatic nitrogens is 1. The molecule has 2 rings (SSSR count). The number of rotatable bonds is 5. The second-order valence-corrected chi connectivity index (χ2v) is 5.06. The number of benzene rings is 1. The summed E-state index contributed by atoms with van der Waals surface area (Å²) in [6, 6.07) is 5.96. The minimum absolute atomic E-state index is 0.0957. The van der Waals surface area contributed by atoms with Crippen LogP contribution in [0.25, 0.3) is 11.1 Å². The molecule has 1 aromatic heterocycles. The van der Waals surface area contributed by atoms with E-state index in [4.69, 9.17) is 9.15 Å². The number of nitrogens with zero attached hydrogens (tertiary/aromatic N) is 1. The van der Waals surface area contributed by atoms with Gasteiger partial charge < -0.3 is 14.5 Å². The van der Waals surface area contributed by atoms with Gasteiger partial charge in [0.2, 0.25) is 0 Å². The van der Waals surface area contributed by atoms with Crippen molar-refractivity contribution in [2.45, 2.75) is 32.8 Å². The van der Waals surface area contributed by atoms with Gasteiger partial charge in [0.15, 0.2) is 11.5 Å². The van der Waals surface area contributed by atoms with Crippen molar-refractivity contribution in [2.24, 2.45) is 0 Å². The van der Waals surface area contributed by atoms with Crippen LogP contribution in [-0.2, 0) is 4.74 Å². The van der Waals surface area contributed by atoms with Crippen LogP contribution in [-0.4, -0.2) is 24.2 Å². The smallest absolute Gasteiger partial charge is 0.192 e. The summed E-state index contributed by atoms with van der Waals surface area (Å²) in [5.74, 6) is 0.697. The van der Waals surface area contributed by atoms with Crippen molar-refractivity contribution in [2.75, 3.05) is 19.0 Å². The Bertz CT molecular complexity index is 532. The van der Waals surface area contributed by atoms with E-state index < -0.39 is 0 Å². The molecule has 0 radical (unpaired) electrons. The number of methoxy groups -OCH3 is 1. The summed E-state index contributed by atoms with van der Waals surface area (Å²) in [7, 11) is 1.74. The van der Waals surface area contributed by atoms with Crippen LogP contribution in [0.5, 0.6) is 0 Å². The predicted molar refractivity (Wildman–Crippen MR) is 72.9 cm³/mol. The Morgan fingerprint density at radius 2 is 2.17 bits per heavy atom. The van der Waals surface area contributed by atoms with Gasteiger partial charge in [-0.15, -0.1) is 0 Å². The number of anilines is 1. The van der Waals surface area contributed by atoms with Crippen LogP contribution in [0.1, 0.15) is 26.2 Å². The summed E-state index contributed by atoms with van der Waals surface area (Å²) >= 11 is 0. The molecule has 0 saturated heterocycles. The highest BCUT2D eigenvalue weighted by molar-refractivity contribution is 5.77. The maximum absolute atomic E-state index is 5.44. The Morgan fingerprint density at radius 3 is 2.89 bits per heavy atom. The van der Waals surface area contributed by atoms with E-state index in [1.165, 1.54) is 0 Å². The normalized spacial score (nSPS) is 12.0. The molecule has 0 aliphatic carbocycles. The Kier molecular flexibility index (Phi) is 3.57. The molecule has 2 aromatic rings. The van der Waals surface area contributed by atoms with Gasteiger partial charge >= 0.3 is 0 Å². The fraction of sp³-hybridized carbons (Fsp3) is 0.500. The first-order chi connectivity index (χ1) is 8.50. The summed E-state index contributed by atoms with van der Waals surface area (Å²) in [6.07, 6.45) is 0.944. The molecule has 1 aromatic carbocycles. The van der Waals surface area contributed by atoms with Gasteiger partial charge in [0.1, 0.15) is 5.52 Å². The zero-order valence-corrected chi connectivity index (χ0v) is 11.4. The fourth-order valence-electron chi connectivity index (χ4n) is 1.76. The third-order valence-corrected chi connectivity index (χ3v) is 3.10. The second-order valence-electron chi connectivity index (χ2n) is 5.06. The Balaban J connectivity index is 1.99. The lowest BCUT2D eigenvalue weighted by Gasteiger charge is -2.23. The van der Waals surface area contributed by atoms with E-state index in [2.05, 4.69) is 24.1 Å². The quantitative estimate of drug-likeness (QED) is 0.881. The first kappa shape index (κ1) is 12.9. The Hall–Kier alpha value is -1.55. The van der Waals surface area contributed by atoms with Crippen LogP contribution >= 0.6 is 0 Å². The van der Waals surface area contributed by atoms with E-state index in [0.717, 1.165) is 29.8 Å². The summed E-state index contributed by atoms with van der Waals surface area (Å²) in [5, 5.41) is 3.37. The number of nitrogens with one attached hydrogen (secondary N) is 1. The van der Waals surface area contributed by atoms with Crippen LogP contribution < -0.4 is 5.32 Å². The molecule has 0 fully saturated rings. The van der Waals surface area contributed by atoms with Gasteiger partial charge in [0.25, 0.3) is 0 Å². The highest BCUT2D eigenvalue weighted by Crippen LogP contribution is 2.20. The number of oxazole rings is 1. The molecule has 4 nitrogen and oxygen atoms in total. The van der Waals surface area contributed by atoms with E-state index in [0.29, 0.717) is 5.89 Å². The van der Waals surface area contributed by atoms with Crippen molar-refractivity contribution in [3.8, 4) is 0 Å². The molecule has 98 valence electrons. The zero-order valence-electron chi connectivity index (χ0n) is 11.4. The zero-order chi connectivity index (χ0) is 13.2. The van der Waals surface area contributed by atoms with Gasteiger partial charge in [0.05, 0.1) is 5.60 Å². The van der Waals surface area contributed by atoms with Crippen LogP contribution in [0.3, 0.4) is 0 Å². The first-order valence-corrected chi connectivity index (χ1v) is 6.16. The Morgan fingerprint density at radius 1 is 1.39 bits per heavy atom. The standard InChI is InChI=1S/C14H20N2O2/c1-10-16-12-9-11(5-6-13(12)18-10)15-8-7-14(2,3)17-4/h5-6,9,15H,7-8H2,1-4H3. The molecule has 0 unspecified atom stereocenters. The highest BCUT2D eigenvalue weighted by atomic mass is 16.5. The average molecular weight is 248 g/mol. The van der Waals surface area contributed by atoms with Crippen molar-refractivity contribution in [1.29, 1.82) is 0 Å². The van der Waals surface area contributed by atoms with Crippen LogP contribution in [0.2, 0.25) is 0 Å². The van der Waals surface area contributed by atoms with Gasteiger partial charge in [-0.05, 0) is 38.5 Å². The van der Waals surface area contributed by atoms with Gasteiger partial charge in [-0.25, -0.2) is 4.98 Å². The predicted octanol–water partition coefficient (Wildman–Crippen LogP) is 3.36. The van der Waals surface area contributed by atoms with Crippen LogP contribution in [0, 0.1) is 6.92 Å². The summed E-state index contributed by atoms with van der Waals surface area (Å²) in [5.41, 5.74) is 2.68. The summed E-state index contributed by atoms with van der Waals surface area (Å²) in [4.78, 5) is 4.32. The van der Waals surface area contributed by atoms with Gasteiger partial charge in [-0.2, -0.15) is 0 Å². The summed E-state index contributed by atoms with van der Waals surface area (Å²) < 4.78 is 10.8. The van der Waals surface area contributed by atoms with E-state index in [1.54, 1.807) is 7.11 Å². The molecule has 0 aliphatic rings. The molecular formula is C14H20N2O2. The first-order valence-electron chi connectivity index (χ1n) is 6.16. The minimum Gasteiger partial charge on any atom is -0.441 e. The largest absolute Gasteiger partial charge is 0.441 e. The van der Waals surface area contributed by atoms with E-state index in [9.17, 15) is 0 Å². The second kappa shape index (κ2) is 4.98. The maximum Gasteiger partial charge on any atom is 0.192 e. The molecule has 1 N–H and O–H groups in total. The number of hydrogen-bond acceptors (Lipinski definition) is 4. The van der Waals surface area contributed by atoms with Gasteiger partial charge in [-0.3, -0.25) is 0 Å². The lowest BCUT2D eigenvalue weighted by Crippen LogP contribution is -2.25. The highest BCUT2D eigenvalue weighted by Gasteiger charge is 2.15. The number of aryl methyl sites for hydroxylation is 1. The molecular weight excluding hydrogens is 228 g/mol. The maximum atomic E-state index is 5.44. The third-order valence-electron chi connectivity index (χ3n) is 3.10. The van der Waals surface area contributed by atoms with Gasteiger partial charge in [0, 0.05) is 26.3 Å². The van der Waals surface area contributed by atoms with Gasteiger partial charge in [-0.1, -0.05) is 0 Å². The number of hydrogen-bond donors (Lipinski definition) is 1. The monoisotopic (exact) mass is 248 g/mol. The SMILES string of the molecule is COC(C)(C)CCNc1ccc2oc(C)nc2c1. The molecule has 18 heavy (non-hydrogen) atoms. The molecule has 0 bridgehead atoms. The molecule has 0 saturated carbocycles. The molecule has 1 heterocycles. The van der Waals surface area contributed by atoms with Crippen molar-refractivity contribution in [1.82, 2.24) is 4.98 Å². The summed E-state index contributed by atoms with van der Waals surface area (Å²) in [6.45, 7) is 6.88. The molecule has 0 atom stereocenters. The molecule has 0 spiro atoms. The minimum atomic E-state index is -0.0957. The van der Waals surface area contributed by atoms with Crippen molar-refractivity contribution >= 4 is 16.8 Å². The lowest BCUT2D eigenvalue weighted by molar-refractivity contribution is 0.0185. The molecule has 4 heteroatoms. The van der Waals surface area contributed by atoms with E-state index >= 15 is 0 Å². The third kappa shape index (κ3) is 3.01. The Labute approximate surface area is 107 Å². The van der Waals surface area contributed by atoms with Crippen LogP contribution in [0.4, 0.5) is 5.69 Å². The van der Waals surface area contributed by atoms with E-state index in [1.807, 2.05) is 25.1 Å². The van der Waals surface area contributed by atoms with Crippen molar-refractivity contribution in [3.63, 3.8) is 0 Å². The number of fused-ring (bicyclic) bond motifs is 1. The molecule has 0 amide bonds. The lowest BCUT2D eigenvalue weighted by atomic mass is 10.1. The molecule has 0 aliphatic heterocycles. The fourth-order valence-corrected chi connectivity index (χ4v) is 1.76. The van der Waals surface area contributed by atoms with Crippen LogP contribution in [0.15, 0.2) is 22.6 Å². The van der Waals surface area contributed by atoms with Crippen molar-refractivity contribution < 1.29 is 9.15 Å². The van der Waals surface area contributed by atoms with Crippen molar-refractivity contribution in [3.05, 3.63) is 24.1 Å². The van der Waals surface area contributed by atoms with E-state index in [-0.39, 0.29) is 5.60 Å². The topological polar surface area (TPSA) is 47.3 Å². The average Bonchev–Trinajstić information content (AvgIpc) is 2.68.